The topological polar surface area (TPSA) is 169 Å². The number of H-pyrrole nitrogens is 1. The number of hydrogen-bond acceptors (Lipinski definition) is 7. The average Bonchev–Trinajstić information content (AvgIpc) is 3.29. The van der Waals surface area contributed by atoms with Crippen LogP contribution in [0.15, 0.2) is 30.5 Å². The molecule has 1 radical (unpaired) electrons. The van der Waals surface area contributed by atoms with Gasteiger partial charge >= 0.3 is 37.7 Å². The van der Waals surface area contributed by atoms with Crippen LogP contribution in [0.5, 0.6) is 0 Å². The summed E-state index contributed by atoms with van der Waals surface area (Å²) in [4.78, 5) is 42.8. The predicted octanol–water partition coefficient (Wildman–Crippen LogP) is 3.47. The van der Waals surface area contributed by atoms with Crippen LogP contribution in [0.1, 0.15) is 58.4 Å². The van der Waals surface area contributed by atoms with Gasteiger partial charge in [0.25, 0.3) is 0 Å². The van der Waals surface area contributed by atoms with E-state index in [4.69, 9.17) is 24.5 Å². The minimum atomic E-state index is -0.801. The fourth-order valence-electron chi connectivity index (χ4n) is 2.50. The molecule has 1 aliphatic heterocycles. The van der Waals surface area contributed by atoms with Gasteiger partial charge in [0.2, 0.25) is 0 Å². The molecule has 0 saturated carbocycles. The Kier molecular flexibility index (Phi) is 26.9. The maximum absolute atomic E-state index is 10.8. The first kappa shape index (κ1) is 37.9. The number of aromatic nitrogens is 1. The molecule has 0 unspecified atom stereocenters. The smallest absolute Gasteiger partial charge is 0.542 e. The van der Waals surface area contributed by atoms with Gasteiger partial charge in [-0.1, -0.05) is 39.0 Å². The second kappa shape index (κ2) is 25.5. The number of carboxylic acid groups (broad SMARTS) is 2. The number of carbonyl (C=O) groups is 3. The van der Waals surface area contributed by atoms with Crippen LogP contribution in [0.3, 0.4) is 0 Å². The fraction of sp³-hybridized carbons (Fsp3) is 0.520. The number of benzene rings is 1. The van der Waals surface area contributed by atoms with E-state index in [2.05, 4.69) is 10.7 Å². The third kappa shape index (κ3) is 19.7. The monoisotopic (exact) mass is 687 g/mol. The molecule has 1 aromatic heterocycles. The van der Waals surface area contributed by atoms with Gasteiger partial charge in [0, 0.05) is 42.8 Å². The predicted molar refractivity (Wildman–Crippen MR) is 134 cm³/mol. The minimum Gasteiger partial charge on any atom is -0.542 e. The Morgan fingerprint density at radius 1 is 1.06 bits per heavy atom. The fourth-order valence-corrected chi connectivity index (χ4v) is 2.50. The van der Waals surface area contributed by atoms with Crippen LogP contribution < -0.4 is 5.73 Å². The Balaban J connectivity index is -0.000000429. The molecule has 2 aromatic rings. The Morgan fingerprint density at radius 2 is 1.58 bits per heavy atom. The minimum absolute atomic E-state index is 0. The summed E-state index contributed by atoms with van der Waals surface area (Å²) in [6, 6.07) is 7.68. The van der Waals surface area contributed by atoms with Crippen molar-refractivity contribution < 1.29 is 58.7 Å². The zero-order valence-corrected chi connectivity index (χ0v) is 23.9. The van der Waals surface area contributed by atoms with E-state index in [1.807, 2.05) is 31.2 Å². The molecule has 0 amide bonds. The summed E-state index contributed by atoms with van der Waals surface area (Å²) in [5.41, 5.74) is 6.32. The summed E-state index contributed by atoms with van der Waals surface area (Å²) in [5, 5.41) is 17.3. The number of ether oxygens (including phenoxy) is 2. The van der Waals surface area contributed by atoms with E-state index >= 15 is 0 Å². The van der Waals surface area contributed by atoms with Gasteiger partial charge in [0.15, 0.2) is 0 Å². The van der Waals surface area contributed by atoms with Crippen LogP contribution in [0.25, 0.3) is 10.9 Å². The first-order chi connectivity index (χ1) is 16.8. The van der Waals surface area contributed by atoms with E-state index in [0.717, 1.165) is 42.5 Å². The summed E-state index contributed by atoms with van der Waals surface area (Å²) in [6.45, 7) is 6.61. The molecular formula is C25H39N2O8Os. The number of fused-ring (bicyclic) bond motifs is 1. The van der Waals surface area contributed by atoms with Gasteiger partial charge in [-0.2, -0.15) is 6.42 Å². The Morgan fingerprint density at radius 3 is 2.03 bits per heavy atom. The van der Waals surface area contributed by atoms with Crippen molar-refractivity contribution in [3.05, 3.63) is 36.0 Å². The van der Waals surface area contributed by atoms with Crippen molar-refractivity contribution in [1.82, 2.24) is 4.98 Å². The van der Waals surface area contributed by atoms with E-state index in [0.29, 0.717) is 12.8 Å². The molecule has 2 heterocycles. The number of nitrogens with two attached hydrogens (primary N) is 1. The molecule has 11 heteroatoms. The molecule has 3 rings (SSSR count). The van der Waals surface area contributed by atoms with E-state index < -0.39 is 11.9 Å². The largest absolute Gasteiger partial charge is 1.00 e. The van der Waals surface area contributed by atoms with E-state index in [1.54, 1.807) is 26.3 Å². The molecule has 0 bridgehead atoms. The normalized spacial score (nSPS) is 11.7. The van der Waals surface area contributed by atoms with Crippen LogP contribution in [0.4, 0.5) is 0 Å². The Labute approximate surface area is 226 Å². The molecule has 1 fully saturated rings. The van der Waals surface area contributed by atoms with Crippen LogP contribution in [0.2, 0.25) is 0 Å². The van der Waals surface area contributed by atoms with Crippen molar-refractivity contribution >= 4 is 35.1 Å². The number of aliphatic carboxylic acids is 2. The Hall–Kier alpha value is -2.60. The van der Waals surface area contributed by atoms with Crippen molar-refractivity contribution in [2.75, 3.05) is 20.3 Å². The second-order valence-electron chi connectivity index (χ2n) is 6.83. The van der Waals surface area contributed by atoms with E-state index in [1.165, 1.54) is 7.05 Å². The maximum atomic E-state index is 10.8. The molecule has 0 atom stereocenters. The maximum Gasteiger partial charge on any atom is 1.00 e. The SMILES string of the molecule is CCC(=O)O.CCC(=O)OC1CCOCC1.CC[C-]=O.CN.O=C(O)Cc1c[nH]c2ccccc12.[Os+]. The van der Waals surface area contributed by atoms with Crippen LogP contribution >= 0.6 is 0 Å². The number of para-hydroxylation sites is 1. The first-order valence-corrected chi connectivity index (χ1v) is 11.5. The summed E-state index contributed by atoms with van der Waals surface area (Å²) in [5.74, 6) is -1.65. The number of hydrogen-bond donors (Lipinski definition) is 4. The van der Waals surface area contributed by atoms with Gasteiger partial charge in [0.1, 0.15) is 6.10 Å². The van der Waals surface area contributed by atoms with Gasteiger partial charge in [0.05, 0.1) is 19.6 Å². The number of esters is 1. The zero-order valence-electron chi connectivity index (χ0n) is 21.4. The number of rotatable bonds is 6. The molecule has 1 aliphatic rings. The van der Waals surface area contributed by atoms with Crippen molar-refractivity contribution in [2.45, 2.75) is 65.4 Å². The first-order valence-electron chi connectivity index (χ1n) is 11.5. The number of aromatic amines is 1. The summed E-state index contributed by atoms with van der Waals surface area (Å²) < 4.78 is 10.2. The summed E-state index contributed by atoms with van der Waals surface area (Å²) in [7, 11) is 1.50. The molecule has 1 aromatic carbocycles. The third-order valence-corrected chi connectivity index (χ3v) is 4.22. The van der Waals surface area contributed by atoms with Gasteiger partial charge in [-0.25, -0.2) is 0 Å². The van der Waals surface area contributed by atoms with E-state index in [9.17, 15) is 14.4 Å². The second-order valence-corrected chi connectivity index (χ2v) is 6.83. The molecule has 36 heavy (non-hydrogen) atoms. The van der Waals surface area contributed by atoms with Crippen molar-refractivity contribution in [3.8, 4) is 0 Å². The molecule has 1 saturated heterocycles. The van der Waals surface area contributed by atoms with Crippen LogP contribution in [0, 0.1) is 0 Å². The number of carbonyl (C=O) groups excluding carboxylic acids is 2. The van der Waals surface area contributed by atoms with Crippen molar-refractivity contribution in [3.63, 3.8) is 0 Å². The standard InChI is InChI=1S/C10H9NO2.C8H14O3.C3H6O2.C3H5O.CH5N.Os/c12-10(13)5-7-6-11-9-4-2-1-3-8(7)9;1-2-8(9)11-7-3-5-10-6-4-7;1-2-3(4)5;1-2-3-4;1-2;/h1-4,6,11H,5H2,(H,12,13);7H,2-6H2,1H3;2H2,1H3,(H,4,5);2H2,1H3;2H2,1H3;/q;;;-1;;+1. The average molecular weight is 686 g/mol. The van der Waals surface area contributed by atoms with Gasteiger partial charge in [-0.05, 0) is 18.7 Å². The van der Waals surface area contributed by atoms with Crippen LogP contribution in [-0.2, 0) is 54.9 Å². The molecule has 205 valence electrons. The Bertz CT molecular complexity index is 851. The molecule has 10 nitrogen and oxygen atoms in total. The molecule has 0 aliphatic carbocycles. The van der Waals surface area contributed by atoms with Crippen molar-refractivity contribution in [2.24, 2.45) is 5.73 Å². The summed E-state index contributed by atoms with van der Waals surface area (Å²) in [6.07, 6.45) is 6.52. The van der Waals surface area contributed by atoms with Gasteiger partial charge < -0.3 is 35.2 Å². The zero-order chi connectivity index (χ0) is 27.1. The van der Waals surface area contributed by atoms with Crippen LogP contribution in [-0.4, -0.2) is 65.8 Å². The molecule has 5 N–H and O–H groups in total. The molecule has 0 spiro atoms. The van der Waals surface area contributed by atoms with Crippen molar-refractivity contribution in [1.29, 1.82) is 0 Å². The van der Waals surface area contributed by atoms with Gasteiger partial charge in [-0.15, -0.1) is 0 Å². The van der Waals surface area contributed by atoms with E-state index in [-0.39, 0.29) is 44.7 Å². The number of nitrogens with one attached hydrogen (secondary N) is 1. The third-order valence-electron chi connectivity index (χ3n) is 4.22. The van der Waals surface area contributed by atoms with Gasteiger partial charge in [-0.3, -0.25) is 20.7 Å². The quantitative estimate of drug-likeness (QED) is 0.263. The number of carboxylic acids is 2. The molecular weight excluding hydrogens is 647 g/mol. The summed E-state index contributed by atoms with van der Waals surface area (Å²) >= 11 is 0.